The summed E-state index contributed by atoms with van der Waals surface area (Å²) in [5, 5.41) is 4.32. The van der Waals surface area contributed by atoms with Crippen molar-refractivity contribution in [3.63, 3.8) is 0 Å². The SMILES string of the molecule is Cn1c2c(c(=O)n(C)c1=O)CC(SCC1CCNCC1)=N2. The highest BCUT2D eigenvalue weighted by Gasteiger charge is 2.24. The Balaban J connectivity index is 1.76. The number of nitrogens with zero attached hydrogens (tertiary/aromatic N) is 3. The molecule has 1 fully saturated rings. The molecule has 0 spiro atoms. The van der Waals surface area contributed by atoms with Crippen molar-refractivity contribution in [1.82, 2.24) is 14.5 Å². The molecule has 2 aliphatic rings. The van der Waals surface area contributed by atoms with Gasteiger partial charge in [0.25, 0.3) is 5.56 Å². The minimum absolute atomic E-state index is 0.214. The maximum Gasteiger partial charge on any atom is 0.332 e. The van der Waals surface area contributed by atoms with Crippen LogP contribution in [-0.4, -0.2) is 33.0 Å². The predicted molar refractivity (Wildman–Crippen MR) is 85.8 cm³/mol. The normalized spacial score (nSPS) is 18.7. The molecule has 2 aliphatic heterocycles. The molecule has 0 aromatic carbocycles. The lowest BCUT2D eigenvalue weighted by atomic mass is 10.0. The van der Waals surface area contributed by atoms with Gasteiger partial charge in [-0.1, -0.05) is 0 Å². The second kappa shape index (κ2) is 5.81. The van der Waals surface area contributed by atoms with E-state index in [2.05, 4.69) is 10.3 Å². The third-order valence-electron chi connectivity index (χ3n) is 4.23. The van der Waals surface area contributed by atoms with Gasteiger partial charge in [0, 0.05) is 26.3 Å². The molecular formula is C14H20N4O2S. The summed E-state index contributed by atoms with van der Waals surface area (Å²) in [6, 6.07) is 0. The Morgan fingerprint density at radius 2 is 1.95 bits per heavy atom. The van der Waals surface area contributed by atoms with Crippen LogP contribution < -0.4 is 16.6 Å². The molecule has 0 aliphatic carbocycles. The summed E-state index contributed by atoms with van der Waals surface area (Å²) in [5.41, 5.74) is 0.119. The zero-order valence-corrected chi connectivity index (χ0v) is 13.2. The summed E-state index contributed by atoms with van der Waals surface area (Å²) in [5.74, 6) is 2.30. The molecule has 1 saturated heterocycles. The fourth-order valence-corrected chi connectivity index (χ4v) is 4.01. The maximum atomic E-state index is 12.1. The van der Waals surface area contributed by atoms with Crippen LogP contribution in [0.15, 0.2) is 14.6 Å². The van der Waals surface area contributed by atoms with Crippen LogP contribution in [0, 0.1) is 5.92 Å². The maximum absolute atomic E-state index is 12.1. The zero-order valence-electron chi connectivity index (χ0n) is 12.4. The number of nitrogens with one attached hydrogen (secondary N) is 1. The van der Waals surface area contributed by atoms with Crippen LogP contribution in [0.5, 0.6) is 0 Å². The number of rotatable bonds is 2. The molecule has 114 valence electrons. The minimum atomic E-state index is -0.313. The molecule has 0 amide bonds. The lowest BCUT2D eigenvalue weighted by Crippen LogP contribution is -2.38. The van der Waals surface area contributed by atoms with Gasteiger partial charge in [-0.2, -0.15) is 0 Å². The zero-order chi connectivity index (χ0) is 15.0. The van der Waals surface area contributed by atoms with E-state index in [-0.39, 0.29) is 11.2 Å². The number of hydrogen-bond acceptors (Lipinski definition) is 5. The summed E-state index contributed by atoms with van der Waals surface area (Å²) in [4.78, 5) is 28.6. The molecule has 0 bridgehead atoms. The number of thioether (sulfide) groups is 1. The van der Waals surface area contributed by atoms with Crippen LogP contribution in [0.25, 0.3) is 0 Å². The van der Waals surface area contributed by atoms with E-state index in [4.69, 9.17) is 0 Å². The van der Waals surface area contributed by atoms with Crippen molar-refractivity contribution in [3.8, 4) is 0 Å². The van der Waals surface area contributed by atoms with Crippen molar-refractivity contribution in [2.24, 2.45) is 25.0 Å². The molecule has 0 saturated carbocycles. The van der Waals surface area contributed by atoms with Crippen molar-refractivity contribution in [3.05, 3.63) is 26.4 Å². The largest absolute Gasteiger partial charge is 0.332 e. The average molecular weight is 308 g/mol. The molecule has 0 radical (unpaired) electrons. The first kappa shape index (κ1) is 14.6. The van der Waals surface area contributed by atoms with E-state index >= 15 is 0 Å². The van der Waals surface area contributed by atoms with Gasteiger partial charge in [-0.15, -0.1) is 11.8 Å². The Labute approximate surface area is 127 Å². The molecule has 3 rings (SSSR count). The third-order valence-corrected chi connectivity index (χ3v) is 5.43. The molecule has 1 aromatic rings. The standard InChI is InChI=1S/C14H20N4O2S/c1-17-12-10(13(19)18(2)14(17)20)7-11(16-12)21-8-9-3-5-15-6-4-9/h9,15H,3-8H2,1-2H3. The van der Waals surface area contributed by atoms with Crippen LogP contribution in [0.4, 0.5) is 5.82 Å². The first-order chi connectivity index (χ1) is 10.1. The highest BCUT2D eigenvalue weighted by atomic mass is 32.2. The van der Waals surface area contributed by atoms with Gasteiger partial charge in [-0.25, -0.2) is 9.79 Å². The second-order valence-corrected chi connectivity index (χ2v) is 6.79. The van der Waals surface area contributed by atoms with E-state index in [9.17, 15) is 9.59 Å². The van der Waals surface area contributed by atoms with Gasteiger partial charge < -0.3 is 5.32 Å². The molecule has 21 heavy (non-hydrogen) atoms. The van der Waals surface area contributed by atoms with Gasteiger partial charge in [0.15, 0.2) is 0 Å². The van der Waals surface area contributed by atoms with Crippen molar-refractivity contribution in [1.29, 1.82) is 0 Å². The van der Waals surface area contributed by atoms with Gasteiger partial charge in [-0.3, -0.25) is 13.9 Å². The number of aliphatic imine (C=N–C) groups is 1. The topological polar surface area (TPSA) is 68.4 Å². The molecule has 7 heteroatoms. The number of hydrogen-bond donors (Lipinski definition) is 1. The Morgan fingerprint density at radius 3 is 2.67 bits per heavy atom. The summed E-state index contributed by atoms with van der Waals surface area (Å²) >= 11 is 1.73. The molecule has 1 aromatic heterocycles. The van der Waals surface area contributed by atoms with Crippen LogP contribution >= 0.6 is 11.8 Å². The van der Waals surface area contributed by atoms with Gasteiger partial charge in [0.2, 0.25) is 0 Å². The highest BCUT2D eigenvalue weighted by Crippen LogP contribution is 2.28. The first-order valence-corrected chi connectivity index (χ1v) is 8.26. The second-order valence-electron chi connectivity index (χ2n) is 5.69. The Morgan fingerprint density at radius 1 is 1.24 bits per heavy atom. The minimum Gasteiger partial charge on any atom is -0.317 e. The van der Waals surface area contributed by atoms with Crippen molar-refractivity contribution in [2.75, 3.05) is 18.8 Å². The Hall–Kier alpha value is -1.34. The van der Waals surface area contributed by atoms with E-state index in [1.165, 1.54) is 24.5 Å². The van der Waals surface area contributed by atoms with E-state index < -0.39 is 0 Å². The van der Waals surface area contributed by atoms with E-state index in [1.54, 1.807) is 18.8 Å². The molecule has 0 atom stereocenters. The lowest BCUT2D eigenvalue weighted by molar-refractivity contribution is 0.408. The number of aromatic nitrogens is 2. The lowest BCUT2D eigenvalue weighted by Gasteiger charge is -2.21. The van der Waals surface area contributed by atoms with Crippen LogP contribution in [0.2, 0.25) is 0 Å². The fraction of sp³-hybridized carbons (Fsp3) is 0.643. The van der Waals surface area contributed by atoms with E-state index in [0.717, 1.165) is 28.5 Å². The quantitative estimate of drug-likeness (QED) is 0.859. The summed E-state index contributed by atoms with van der Waals surface area (Å²) in [6.45, 7) is 2.18. The van der Waals surface area contributed by atoms with Crippen molar-refractivity contribution >= 4 is 22.6 Å². The van der Waals surface area contributed by atoms with Gasteiger partial charge in [-0.05, 0) is 31.8 Å². The van der Waals surface area contributed by atoms with Crippen LogP contribution in [-0.2, 0) is 20.5 Å². The van der Waals surface area contributed by atoms with Crippen LogP contribution in [0.1, 0.15) is 18.4 Å². The first-order valence-electron chi connectivity index (χ1n) is 7.28. The Bertz CT molecular complexity index is 698. The molecule has 1 N–H and O–H groups in total. The van der Waals surface area contributed by atoms with E-state index in [0.29, 0.717) is 23.7 Å². The summed E-state index contributed by atoms with van der Waals surface area (Å²) in [7, 11) is 3.19. The van der Waals surface area contributed by atoms with E-state index in [1.807, 2.05) is 0 Å². The van der Waals surface area contributed by atoms with Gasteiger partial charge in [0.1, 0.15) is 5.82 Å². The van der Waals surface area contributed by atoms with Crippen molar-refractivity contribution < 1.29 is 0 Å². The number of piperidine rings is 1. The van der Waals surface area contributed by atoms with Crippen molar-refractivity contribution in [2.45, 2.75) is 19.3 Å². The summed E-state index contributed by atoms with van der Waals surface area (Å²) in [6.07, 6.45) is 2.97. The van der Waals surface area contributed by atoms with Gasteiger partial charge >= 0.3 is 5.69 Å². The molecule has 3 heterocycles. The van der Waals surface area contributed by atoms with Crippen LogP contribution in [0.3, 0.4) is 0 Å². The monoisotopic (exact) mass is 308 g/mol. The summed E-state index contributed by atoms with van der Waals surface area (Å²) < 4.78 is 2.63. The fourth-order valence-electron chi connectivity index (χ4n) is 2.85. The smallest absolute Gasteiger partial charge is 0.317 e. The molecule has 6 nitrogen and oxygen atoms in total. The average Bonchev–Trinajstić information content (AvgIpc) is 2.94. The highest BCUT2D eigenvalue weighted by molar-refractivity contribution is 8.14. The molecular weight excluding hydrogens is 288 g/mol. The van der Waals surface area contributed by atoms with Gasteiger partial charge in [0.05, 0.1) is 10.6 Å². The predicted octanol–water partition coefficient (Wildman–Crippen LogP) is 0.403. The Kier molecular flexibility index (Phi) is 4.03. The molecule has 0 unspecified atom stereocenters. The third kappa shape index (κ3) is 2.72. The number of fused-ring (bicyclic) bond motifs is 1.